The fourth-order valence-corrected chi connectivity index (χ4v) is 3.06. The topological polar surface area (TPSA) is 15.3 Å². The molecule has 2 nitrogen and oxygen atoms in total. The van der Waals surface area contributed by atoms with Crippen LogP contribution in [-0.4, -0.2) is 25.2 Å². The van der Waals surface area contributed by atoms with Gasteiger partial charge >= 0.3 is 0 Å². The minimum Gasteiger partial charge on any atom is -0.365 e. The number of halogens is 2. The molecule has 4 heteroatoms. The van der Waals surface area contributed by atoms with E-state index in [0.717, 1.165) is 25.6 Å². The predicted molar refractivity (Wildman–Crippen MR) is 83.6 cm³/mol. The number of hydrogen-bond donors (Lipinski definition) is 1. The molecule has 0 aromatic heterocycles. The summed E-state index contributed by atoms with van der Waals surface area (Å²) in [5.41, 5.74) is 0.654. The van der Waals surface area contributed by atoms with Crippen LogP contribution in [0.3, 0.4) is 0 Å². The maximum atomic E-state index is 13.6. The van der Waals surface area contributed by atoms with Gasteiger partial charge in [-0.25, -0.2) is 8.78 Å². The molecule has 3 unspecified atom stereocenters. The van der Waals surface area contributed by atoms with E-state index in [2.05, 4.69) is 37.9 Å². The zero-order valence-electron chi connectivity index (χ0n) is 13.4. The molecular weight excluding hydrogens is 270 g/mol. The van der Waals surface area contributed by atoms with Gasteiger partial charge in [0.05, 0.1) is 0 Å². The summed E-state index contributed by atoms with van der Waals surface area (Å²) in [4.78, 5) is 2.17. The highest BCUT2D eigenvalue weighted by Crippen LogP contribution is 2.27. The van der Waals surface area contributed by atoms with Gasteiger partial charge in [0.25, 0.3) is 0 Å². The average Bonchev–Trinajstić information content (AvgIpc) is 2.44. The lowest BCUT2D eigenvalue weighted by molar-refractivity contribution is 0.281. The number of piperazine rings is 1. The minimum absolute atomic E-state index is 0.256. The number of rotatable bonds is 4. The molecule has 3 atom stereocenters. The first-order valence-corrected chi connectivity index (χ1v) is 7.88. The lowest BCUT2D eigenvalue weighted by Crippen LogP contribution is -2.60. The fourth-order valence-electron chi connectivity index (χ4n) is 3.06. The highest BCUT2D eigenvalue weighted by atomic mass is 19.1. The molecular formula is C17H26F2N2. The molecule has 21 heavy (non-hydrogen) atoms. The molecule has 0 radical (unpaired) electrons. The highest BCUT2D eigenvalue weighted by Gasteiger charge is 2.32. The molecule has 0 bridgehead atoms. The van der Waals surface area contributed by atoms with Crippen LogP contribution in [0.2, 0.25) is 0 Å². The Morgan fingerprint density at radius 1 is 1.19 bits per heavy atom. The number of hydrogen-bond acceptors (Lipinski definition) is 2. The predicted octanol–water partition coefficient (Wildman–Crippen LogP) is 3.81. The number of anilines is 1. The first-order chi connectivity index (χ1) is 9.92. The van der Waals surface area contributed by atoms with E-state index < -0.39 is 11.6 Å². The molecule has 1 N–H and O–H groups in total. The lowest BCUT2D eigenvalue weighted by Gasteiger charge is -2.45. The summed E-state index contributed by atoms with van der Waals surface area (Å²) in [5, 5.41) is 3.60. The van der Waals surface area contributed by atoms with Crippen molar-refractivity contribution in [2.24, 2.45) is 11.8 Å². The maximum absolute atomic E-state index is 13.6. The van der Waals surface area contributed by atoms with Gasteiger partial charge in [0.15, 0.2) is 0 Å². The first kappa shape index (κ1) is 16.2. The summed E-state index contributed by atoms with van der Waals surface area (Å²) in [6.07, 6.45) is 1.09. The van der Waals surface area contributed by atoms with Crippen LogP contribution in [-0.2, 0) is 0 Å². The Bertz CT molecular complexity index is 456. The Hall–Kier alpha value is -1.16. The van der Waals surface area contributed by atoms with E-state index in [4.69, 9.17) is 0 Å². The van der Waals surface area contributed by atoms with Gasteiger partial charge in [0, 0.05) is 36.9 Å². The Balaban J connectivity index is 2.29. The van der Waals surface area contributed by atoms with Crippen molar-refractivity contribution >= 4 is 5.69 Å². The standard InChI is InChI=1S/C17H26F2N2/c1-5-12(4)16-10-21(17(9-20-16)11(2)3)15-7-13(18)6-14(19)8-15/h6-8,11-12,16-17,20H,5,9-10H2,1-4H3. The molecule has 1 aromatic carbocycles. The van der Waals surface area contributed by atoms with E-state index in [1.54, 1.807) is 0 Å². The van der Waals surface area contributed by atoms with Crippen molar-refractivity contribution in [3.63, 3.8) is 0 Å². The number of benzene rings is 1. The summed E-state index contributed by atoms with van der Waals surface area (Å²) in [7, 11) is 0. The summed E-state index contributed by atoms with van der Waals surface area (Å²) in [6.45, 7) is 10.3. The molecule has 1 aliphatic heterocycles. The molecule has 2 rings (SSSR count). The third kappa shape index (κ3) is 3.73. The molecule has 0 amide bonds. The summed E-state index contributed by atoms with van der Waals surface area (Å²) >= 11 is 0. The fraction of sp³-hybridized carbons (Fsp3) is 0.647. The van der Waals surface area contributed by atoms with E-state index in [1.807, 2.05) is 0 Å². The van der Waals surface area contributed by atoms with Crippen LogP contribution in [0.1, 0.15) is 34.1 Å². The molecule has 0 saturated carbocycles. The van der Waals surface area contributed by atoms with Crippen molar-refractivity contribution in [3.8, 4) is 0 Å². The maximum Gasteiger partial charge on any atom is 0.128 e. The van der Waals surface area contributed by atoms with Gasteiger partial charge in [-0.1, -0.05) is 34.1 Å². The zero-order valence-corrected chi connectivity index (χ0v) is 13.4. The van der Waals surface area contributed by atoms with Crippen LogP contribution in [0, 0.1) is 23.5 Å². The van der Waals surface area contributed by atoms with Gasteiger partial charge in [-0.15, -0.1) is 0 Å². The number of nitrogens with zero attached hydrogens (tertiary/aromatic N) is 1. The Labute approximate surface area is 126 Å². The average molecular weight is 296 g/mol. The molecule has 1 aromatic rings. The minimum atomic E-state index is -0.508. The van der Waals surface area contributed by atoms with Crippen molar-refractivity contribution in [1.82, 2.24) is 5.32 Å². The molecule has 1 aliphatic rings. The van der Waals surface area contributed by atoms with Gasteiger partial charge in [0.2, 0.25) is 0 Å². The van der Waals surface area contributed by atoms with Gasteiger partial charge < -0.3 is 10.2 Å². The van der Waals surface area contributed by atoms with Crippen LogP contribution in [0.5, 0.6) is 0 Å². The third-order valence-electron chi connectivity index (χ3n) is 4.66. The van der Waals surface area contributed by atoms with Gasteiger partial charge in [-0.05, 0) is 24.0 Å². The van der Waals surface area contributed by atoms with E-state index in [9.17, 15) is 8.78 Å². The summed E-state index contributed by atoms with van der Waals surface area (Å²) in [6, 6.07) is 4.43. The second-order valence-electron chi connectivity index (χ2n) is 6.49. The zero-order chi connectivity index (χ0) is 15.6. The van der Waals surface area contributed by atoms with Crippen molar-refractivity contribution in [1.29, 1.82) is 0 Å². The van der Waals surface area contributed by atoms with Gasteiger partial charge in [-0.2, -0.15) is 0 Å². The van der Waals surface area contributed by atoms with Crippen LogP contribution in [0.25, 0.3) is 0 Å². The van der Waals surface area contributed by atoms with Crippen LogP contribution >= 0.6 is 0 Å². The van der Waals surface area contributed by atoms with Gasteiger partial charge in [-0.3, -0.25) is 0 Å². The van der Waals surface area contributed by atoms with Crippen LogP contribution in [0.15, 0.2) is 18.2 Å². The SMILES string of the molecule is CCC(C)C1CN(c2cc(F)cc(F)c2)C(C(C)C)CN1. The quantitative estimate of drug-likeness (QED) is 0.909. The molecule has 1 saturated heterocycles. The van der Waals surface area contributed by atoms with Crippen molar-refractivity contribution < 1.29 is 8.78 Å². The van der Waals surface area contributed by atoms with Crippen molar-refractivity contribution in [2.75, 3.05) is 18.0 Å². The molecule has 1 fully saturated rings. The van der Waals surface area contributed by atoms with E-state index >= 15 is 0 Å². The van der Waals surface area contributed by atoms with Crippen LogP contribution in [0.4, 0.5) is 14.5 Å². The Morgan fingerprint density at radius 3 is 2.33 bits per heavy atom. The van der Waals surface area contributed by atoms with E-state index in [0.29, 0.717) is 23.6 Å². The lowest BCUT2D eigenvalue weighted by atomic mass is 9.91. The van der Waals surface area contributed by atoms with E-state index in [1.165, 1.54) is 12.1 Å². The number of nitrogens with one attached hydrogen (secondary N) is 1. The third-order valence-corrected chi connectivity index (χ3v) is 4.66. The normalized spacial score (nSPS) is 24.4. The van der Waals surface area contributed by atoms with Crippen molar-refractivity contribution in [3.05, 3.63) is 29.8 Å². The molecule has 118 valence electrons. The monoisotopic (exact) mass is 296 g/mol. The Kier molecular flexibility index (Phi) is 5.20. The largest absolute Gasteiger partial charge is 0.365 e. The van der Waals surface area contributed by atoms with E-state index in [-0.39, 0.29) is 6.04 Å². The second kappa shape index (κ2) is 6.73. The molecule has 1 heterocycles. The molecule has 0 spiro atoms. The first-order valence-electron chi connectivity index (χ1n) is 7.88. The Morgan fingerprint density at radius 2 is 1.81 bits per heavy atom. The second-order valence-corrected chi connectivity index (χ2v) is 6.49. The summed E-state index contributed by atoms with van der Waals surface area (Å²) in [5.74, 6) is -0.0574. The highest BCUT2D eigenvalue weighted by molar-refractivity contribution is 5.49. The van der Waals surface area contributed by atoms with Gasteiger partial charge in [0.1, 0.15) is 11.6 Å². The summed E-state index contributed by atoms with van der Waals surface area (Å²) < 4.78 is 27.1. The van der Waals surface area contributed by atoms with Crippen LogP contribution < -0.4 is 10.2 Å². The smallest absolute Gasteiger partial charge is 0.128 e. The molecule has 0 aliphatic carbocycles. The van der Waals surface area contributed by atoms with Crippen molar-refractivity contribution in [2.45, 2.75) is 46.2 Å².